The summed E-state index contributed by atoms with van der Waals surface area (Å²) in [4.78, 5) is 8.08. The molecule has 3 N–H and O–H groups in total. The van der Waals surface area contributed by atoms with E-state index in [4.69, 9.17) is 0 Å². The normalized spacial score (nSPS) is 12.2. The molecule has 0 bridgehead atoms. The van der Waals surface area contributed by atoms with Crippen molar-refractivity contribution >= 4 is 29.9 Å². The third kappa shape index (κ3) is 6.04. The van der Waals surface area contributed by atoms with E-state index in [0.717, 1.165) is 5.56 Å². The van der Waals surface area contributed by atoms with E-state index < -0.39 is 0 Å². The van der Waals surface area contributed by atoms with Crippen LogP contribution in [0.15, 0.2) is 53.7 Å². The summed E-state index contributed by atoms with van der Waals surface area (Å²) in [5.41, 5.74) is 1.38. The summed E-state index contributed by atoms with van der Waals surface area (Å²) in [6, 6.07) is 12.7. The van der Waals surface area contributed by atoms with Gasteiger partial charge in [0.1, 0.15) is 5.82 Å². The third-order valence-electron chi connectivity index (χ3n) is 3.49. The summed E-state index contributed by atoms with van der Waals surface area (Å²) in [6.45, 7) is 0.787. The average Bonchev–Trinajstić information content (AvgIpc) is 2.60. The average molecular weight is 444 g/mol. The summed E-state index contributed by atoms with van der Waals surface area (Å²) in [5.74, 6) is 0.138. The summed E-state index contributed by atoms with van der Waals surface area (Å²) >= 11 is 0. The maximum Gasteiger partial charge on any atom is 0.191 e. The second kappa shape index (κ2) is 10.9. The molecular formula is C17H22FIN4O. The molecule has 130 valence electrons. The van der Waals surface area contributed by atoms with Gasteiger partial charge in [-0.15, -0.1) is 24.0 Å². The Kier molecular flexibility index (Phi) is 9.24. The van der Waals surface area contributed by atoms with Crippen LogP contribution < -0.4 is 10.6 Å². The Balaban J connectivity index is 0.00000288. The third-order valence-corrected chi connectivity index (χ3v) is 3.49. The van der Waals surface area contributed by atoms with Crippen molar-refractivity contribution in [2.75, 3.05) is 20.2 Å². The molecule has 2 rings (SSSR count). The van der Waals surface area contributed by atoms with Crippen molar-refractivity contribution in [2.24, 2.45) is 4.99 Å². The highest BCUT2D eigenvalue weighted by Crippen LogP contribution is 2.13. The van der Waals surface area contributed by atoms with E-state index >= 15 is 0 Å². The molecule has 5 nitrogen and oxygen atoms in total. The van der Waals surface area contributed by atoms with Crippen molar-refractivity contribution < 1.29 is 9.50 Å². The highest BCUT2D eigenvalue weighted by atomic mass is 127. The lowest BCUT2D eigenvalue weighted by Crippen LogP contribution is -2.39. The van der Waals surface area contributed by atoms with Crippen LogP contribution in [-0.4, -0.2) is 36.2 Å². The molecule has 0 saturated heterocycles. The first kappa shape index (κ1) is 20.3. The van der Waals surface area contributed by atoms with Gasteiger partial charge in [0.15, 0.2) is 5.96 Å². The van der Waals surface area contributed by atoms with Crippen molar-refractivity contribution in [2.45, 2.75) is 12.5 Å². The van der Waals surface area contributed by atoms with E-state index in [2.05, 4.69) is 20.6 Å². The molecule has 2 aromatic rings. The smallest absolute Gasteiger partial charge is 0.191 e. The van der Waals surface area contributed by atoms with Gasteiger partial charge in [0.2, 0.25) is 0 Å². The number of aliphatic imine (C=N–C) groups is 1. The first-order valence-corrected chi connectivity index (χ1v) is 7.44. The lowest BCUT2D eigenvalue weighted by atomic mass is 10.0. The van der Waals surface area contributed by atoms with Crippen LogP contribution in [-0.2, 0) is 6.54 Å². The zero-order valence-corrected chi connectivity index (χ0v) is 15.8. The first-order chi connectivity index (χ1) is 11.2. The second-order valence-electron chi connectivity index (χ2n) is 5.03. The van der Waals surface area contributed by atoms with E-state index in [9.17, 15) is 9.50 Å². The van der Waals surface area contributed by atoms with E-state index in [1.807, 2.05) is 30.3 Å². The van der Waals surface area contributed by atoms with Gasteiger partial charge in [-0.25, -0.2) is 4.39 Å². The fourth-order valence-corrected chi connectivity index (χ4v) is 2.17. The molecule has 24 heavy (non-hydrogen) atoms. The first-order valence-electron chi connectivity index (χ1n) is 7.44. The standard InChI is InChI=1S/C17H21FN4O.HI/c1-19-17(22-11-16-15(18)8-5-9-20-16)21-10-14(12-23)13-6-3-2-4-7-13;/h2-9,14,23H,10-12H2,1H3,(H2,19,21,22);1H. The monoisotopic (exact) mass is 444 g/mol. The Bertz CT molecular complexity index is 639. The van der Waals surface area contributed by atoms with Gasteiger partial charge in [0.25, 0.3) is 0 Å². The molecule has 1 unspecified atom stereocenters. The van der Waals surface area contributed by atoms with Crippen LogP contribution in [0.25, 0.3) is 0 Å². The van der Waals surface area contributed by atoms with Crippen molar-refractivity contribution in [3.05, 3.63) is 65.7 Å². The summed E-state index contributed by atoms with van der Waals surface area (Å²) < 4.78 is 13.5. The van der Waals surface area contributed by atoms with E-state index in [0.29, 0.717) is 18.2 Å². The molecular weight excluding hydrogens is 422 g/mol. The van der Waals surface area contributed by atoms with Gasteiger partial charge < -0.3 is 15.7 Å². The van der Waals surface area contributed by atoms with Gasteiger partial charge in [-0.2, -0.15) is 0 Å². The molecule has 0 aliphatic carbocycles. The summed E-state index contributed by atoms with van der Waals surface area (Å²) in [7, 11) is 1.64. The fourth-order valence-electron chi connectivity index (χ4n) is 2.17. The molecule has 7 heteroatoms. The number of nitrogens with zero attached hydrogens (tertiary/aromatic N) is 2. The van der Waals surface area contributed by atoms with Gasteiger partial charge in [-0.1, -0.05) is 30.3 Å². The molecule has 0 fully saturated rings. The van der Waals surface area contributed by atoms with Gasteiger partial charge in [0.05, 0.1) is 18.8 Å². The molecule has 1 heterocycles. The number of nitrogens with one attached hydrogen (secondary N) is 2. The van der Waals surface area contributed by atoms with E-state index in [1.165, 1.54) is 6.07 Å². The van der Waals surface area contributed by atoms with E-state index in [-0.39, 0.29) is 48.9 Å². The molecule has 0 amide bonds. The molecule has 1 aromatic heterocycles. The molecule has 0 radical (unpaired) electrons. The highest BCUT2D eigenvalue weighted by molar-refractivity contribution is 14.0. The number of aliphatic hydroxyl groups excluding tert-OH is 1. The maximum atomic E-state index is 13.5. The number of aromatic nitrogens is 1. The Morgan fingerprint density at radius 3 is 2.58 bits per heavy atom. The van der Waals surface area contributed by atoms with Crippen LogP contribution in [0.4, 0.5) is 4.39 Å². The Morgan fingerprint density at radius 1 is 1.21 bits per heavy atom. The summed E-state index contributed by atoms with van der Waals surface area (Å²) in [5, 5.41) is 15.7. The number of rotatable bonds is 6. The van der Waals surface area contributed by atoms with Crippen LogP contribution in [0.5, 0.6) is 0 Å². The van der Waals surface area contributed by atoms with Crippen molar-refractivity contribution in [3.8, 4) is 0 Å². The largest absolute Gasteiger partial charge is 0.396 e. The van der Waals surface area contributed by atoms with Gasteiger partial charge >= 0.3 is 0 Å². The lowest BCUT2D eigenvalue weighted by Gasteiger charge is -2.18. The van der Waals surface area contributed by atoms with Crippen LogP contribution >= 0.6 is 24.0 Å². The topological polar surface area (TPSA) is 69.5 Å². The maximum absolute atomic E-state index is 13.5. The minimum Gasteiger partial charge on any atom is -0.396 e. The zero-order chi connectivity index (χ0) is 16.5. The number of hydrogen-bond acceptors (Lipinski definition) is 3. The molecule has 1 aromatic carbocycles. The van der Waals surface area contributed by atoms with Gasteiger partial charge in [-0.05, 0) is 17.7 Å². The van der Waals surface area contributed by atoms with Crippen molar-refractivity contribution in [3.63, 3.8) is 0 Å². The SMILES string of the molecule is CN=C(NCc1ncccc1F)NCC(CO)c1ccccc1.I. The number of pyridine rings is 1. The highest BCUT2D eigenvalue weighted by Gasteiger charge is 2.11. The molecule has 0 aliphatic heterocycles. The van der Waals surface area contributed by atoms with Gasteiger partial charge in [-0.3, -0.25) is 9.98 Å². The van der Waals surface area contributed by atoms with Crippen molar-refractivity contribution in [1.82, 2.24) is 15.6 Å². The minimum absolute atomic E-state index is 0. The Hall–Kier alpha value is -1.74. The predicted molar refractivity (Wildman–Crippen MR) is 104 cm³/mol. The Labute approximate surface area is 158 Å². The fraction of sp³-hybridized carbons (Fsp3) is 0.294. The zero-order valence-electron chi connectivity index (χ0n) is 13.4. The number of guanidine groups is 1. The lowest BCUT2D eigenvalue weighted by molar-refractivity contribution is 0.265. The number of aliphatic hydroxyl groups is 1. The summed E-state index contributed by atoms with van der Waals surface area (Å²) in [6.07, 6.45) is 1.55. The van der Waals surface area contributed by atoms with Crippen LogP contribution in [0.3, 0.4) is 0 Å². The second-order valence-corrected chi connectivity index (χ2v) is 5.03. The van der Waals surface area contributed by atoms with Gasteiger partial charge in [0, 0.05) is 25.7 Å². The molecule has 1 atom stereocenters. The minimum atomic E-state index is -0.354. The van der Waals surface area contributed by atoms with E-state index in [1.54, 1.807) is 19.3 Å². The quantitative estimate of drug-likeness (QED) is 0.364. The van der Waals surface area contributed by atoms with Crippen LogP contribution in [0.1, 0.15) is 17.2 Å². The molecule has 0 saturated carbocycles. The number of halogens is 2. The van der Waals surface area contributed by atoms with Crippen LogP contribution in [0, 0.1) is 5.82 Å². The number of hydrogen-bond donors (Lipinski definition) is 3. The Morgan fingerprint density at radius 2 is 1.96 bits per heavy atom. The van der Waals surface area contributed by atoms with Crippen molar-refractivity contribution in [1.29, 1.82) is 0 Å². The predicted octanol–water partition coefficient (Wildman–Crippen LogP) is 2.28. The molecule has 0 spiro atoms. The molecule has 0 aliphatic rings. The number of benzene rings is 1. The van der Waals surface area contributed by atoms with Crippen LogP contribution in [0.2, 0.25) is 0 Å².